The highest BCUT2D eigenvalue weighted by Crippen LogP contribution is 2.44. The summed E-state index contributed by atoms with van der Waals surface area (Å²) in [5.74, 6) is -0.388. The lowest BCUT2D eigenvalue weighted by atomic mass is 9.93. The topological polar surface area (TPSA) is 89.8 Å². The lowest BCUT2D eigenvalue weighted by Crippen LogP contribution is -2.25. The fraction of sp³-hybridized carbons (Fsp3) is 0.200. The fourth-order valence-corrected chi connectivity index (χ4v) is 4.37. The monoisotopic (exact) mass is 398 g/mol. The molecule has 7 nitrogen and oxygen atoms in total. The van der Waals surface area contributed by atoms with Crippen molar-refractivity contribution in [3.8, 4) is 17.2 Å². The molecular weight excluding hydrogens is 380 g/mol. The van der Waals surface area contributed by atoms with Crippen LogP contribution in [0.5, 0.6) is 11.5 Å². The SMILES string of the molecule is COc1ccc(OC)c(-n2cc(C(=O)O)c3c2[C@@H](c2cccs2)CC(=O)N3)c1. The third-order valence-corrected chi connectivity index (χ3v) is 5.78. The predicted molar refractivity (Wildman–Crippen MR) is 105 cm³/mol. The Morgan fingerprint density at radius 1 is 1.29 bits per heavy atom. The van der Waals surface area contributed by atoms with Gasteiger partial charge in [-0.2, -0.15) is 0 Å². The third kappa shape index (κ3) is 2.91. The standard InChI is InChI=1S/C20H18N2O5S/c1-26-11-5-6-15(27-2)14(8-11)22-10-13(20(24)25)18-19(22)12(9-17(23)21-18)16-4-3-7-28-16/h3-8,10,12H,9H2,1-2H3,(H,21,23)(H,24,25)/t12-/m1/s1. The second kappa shape index (κ2) is 7.05. The lowest BCUT2D eigenvalue weighted by molar-refractivity contribution is -0.116. The minimum Gasteiger partial charge on any atom is -0.497 e. The van der Waals surface area contributed by atoms with Crippen LogP contribution in [0, 0.1) is 0 Å². The number of hydrogen-bond acceptors (Lipinski definition) is 5. The van der Waals surface area contributed by atoms with Gasteiger partial charge >= 0.3 is 5.97 Å². The average molecular weight is 398 g/mol. The van der Waals surface area contributed by atoms with Crippen molar-refractivity contribution < 1.29 is 24.2 Å². The van der Waals surface area contributed by atoms with Crippen molar-refractivity contribution >= 4 is 28.9 Å². The van der Waals surface area contributed by atoms with Gasteiger partial charge in [0.15, 0.2) is 0 Å². The molecule has 0 fully saturated rings. The van der Waals surface area contributed by atoms with Gasteiger partial charge in [0.1, 0.15) is 17.1 Å². The second-order valence-electron chi connectivity index (χ2n) is 6.34. The average Bonchev–Trinajstić information content (AvgIpc) is 3.35. The number of carboxylic acids is 1. The summed E-state index contributed by atoms with van der Waals surface area (Å²) in [6.45, 7) is 0. The van der Waals surface area contributed by atoms with Crippen LogP contribution in [-0.2, 0) is 4.79 Å². The molecule has 8 heteroatoms. The van der Waals surface area contributed by atoms with Crippen molar-refractivity contribution in [2.45, 2.75) is 12.3 Å². The smallest absolute Gasteiger partial charge is 0.339 e. The summed E-state index contributed by atoms with van der Waals surface area (Å²) >= 11 is 1.54. The van der Waals surface area contributed by atoms with E-state index in [1.165, 1.54) is 17.5 Å². The van der Waals surface area contributed by atoms with Crippen LogP contribution in [-0.4, -0.2) is 35.8 Å². The summed E-state index contributed by atoms with van der Waals surface area (Å²) in [7, 11) is 3.12. The van der Waals surface area contributed by atoms with Gasteiger partial charge in [-0.1, -0.05) is 6.07 Å². The van der Waals surface area contributed by atoms with Gasteiger partial charge in [-0.3, -0.25) is 4.79 Å². The van der Waals surface area contributed by atoms with Crippen LogP contribution in [0.2, 0.25) is 0 Å². The number of carbonyl (C=O) groups excluding carboxylic acids is 1. The van der Waals surface area contributed by atoms with Gasteiger partial charge in [0, 0.05) is 29.5 Å². The van der Waals surface area contributed by atoms with Gasteiger partial charge in [-0.05, 0) is 23.6 Å². The summed E-state index contributed by atoms with van der Waals surface area (Å²) in [5.41, 5.74) is 1.72. The van der Waals surface area contributed by atoms with E-state index in [2.05, 4.69) is 5.32 Å². The first-order chi connectivity index (χ1) is 13.5. The molecule has 1 aliphatic heterocycles. The molecular formula is C20H18N2O5S. The van der Waals surface area contributed by atoms with Crippen LogP contribution in [0.1, 0.15) is 33.3 Å². The molecule has 0 aliphatic carbocycles. The highest BCUT2D eigenvalue weighted by atomic mass is 32.1. The molecule has 0 bridgehead atoms. The minimum absolute atomic E-state index is 0.0366. The second-order valence-corrected chi connectivity index (χ2v) is 7.32. The molecule has 28 heavy (non-hydrogen) atoms. The Kier molecular flexibility index (Phi) is 4.56. The molecule has 0 unspecified atom stereocenters. The quantitative estimate of drug-likeness (QED) is 0.684. The number of anilines is 1. The molecule has 144 valence electrons. The summed E-state index contributed by atoms with van der Waals surface area (Å²) in [4.78, 5) is 25.2. The molecule has 0 saturated heterocycles. The predicted octanol–water partition coefficient (Wildman–Crippen LogP) is 3.73. The van der Waals surface area contributed by atoms with E-state index in [1.54, 1.807) is 37.0 Å². The van der Waals surface area contributed by atoms with Crippen LogP contribution in [0.4, 0.5) is 5.69 Å². The fourth-order valence-electron chi connectivity index (χ4n) is 3.54. The van der Waals surface area contributed by atoms with E-state index >= 15 is 0 Å². The van der Waals surface area contributed by atoms with Gasteiger partial charge in [-0.15, -0.1) is 11.3 Å². The number of nitrogens with one attached hydrogen (secondary N) is 1. The van der Waals surface area contributed by atoms with Gasteiger partial charge in [0.25, 0.3) is 0 Å². The number of aromatic carboxylic acids is 1. The third-order valence-electron chi connectivity index (χ3n) is 4.79. The van der Waals surface area contributed by atoms with Crippen LogP contribution < -0.4 is 14.8 Å². The number of nitrogens with zero attached hydrogens (tertiary/aromatic N) is 1. The number of ether oxygens (including phenoxy) is 2. The molecule has 1 atom stereocenters. The van der Waals surface area contributed by atoms with E-state index in [9.17, 15) is 14.7 Å². The molecule has 2 aromatic heterocycles. The summed E-state index contributed by atoms with van der Waals surface area (Å²) < 4.78 is 12.6. The molecule has 2 N–H and O–H groups in total. The molecule has 4 rings (SSSR count). The highest BCUT2D eigenvalue weighted by molar-refractivity contribution is 7.10. The molecule has 1 amide bonds. The van der Waals surface area contributed by atoms with Crippen LogP contribution in [0.15, 0.2) is 41.9 Å². The van der Waals surface area contributed by atoms with Crippen molar-refractivity contribution in [1.82, 2.24) is 4.57 Å². The van der Waals surface area contributed by atoms with E-state index in [1.807, 2.05) is 17.5 Å². The first-order valence-electron chi connectivity index (χ1n) is 8.57. The Morgan fingerprint density at radius 2 is 2.11 bits per heavy atom. The van der Waals surface area contributed by atoms with E-state index in [0.29, 0.717) is 28.6 Å². The van der Waals surface area contributed by atoms with Crippen LogP contribution in [0.3, 0.4) is 0 Å². The first-order valence-corrected chi connectivity index (χ1v) is 9.45. The van der Waals surface area contributed by atoms with Gasteiger partial charge in [0.2, 0.25) is 5.91 Å². The van der Waals surface area contributed by atoms with Crippen molar-refractivity contribution in [2.75, 3.05) is 19.5 Å². The van der Waals surface area contributed by atoms with E-state index < -0.39 is 5.97 Å². The number of methoxy groups -OCH3 is 2. The van der Waals surface area contributed by atoms with E-state index in [4.69, 9.17) is 9.47 Å². The molecule has 0 spiro atoms. The van der Waals surface area contributed by atoms with Crippen LogP contribution >= 0.6 is 11.3 Å². The lowest BCUT2D eigenvalue weighted by Gasteiger charge is -2.25. The Morgan fingerprint density at radius 3 is 2.75 bits per heavy atom. The molecule has 3 heterocycles. The summed E-state index contributed by atoms with van der Waals surface area (Å²) in [6, 6.07) is 9.20. The molecule has 1 aromatic carbocycles. The van der Waals surface area contributed by atoms with Crippen molar-refractivity contribution in [3.63, 3.8) is 0 Å². The Labute approximate surface area is 165 Å². The number of amides is 1. The number of rotatable bonds is 5. The Balaban J connectivity index is 2.01. The molecule has 3 aromatic rings. The summed E-state index contributed by atoms with van der Waals surface area (Å²) in [5, 5.41) is 14.4. The van der Waals surface area contributed by atoms with Crippen LogP contribution in [0.25, 0.3) is 5.69 Å². The number of fused-ring (bicyclic) bond motifs is 1. The number of hydrogen-bond donors (Lipinski definition) is 2. The highest BCUT2D eigenvalue weighted by Gasteiger charge is 2.35. The molecule has 0 saturated carbocycles. The Hall–Kier alpha value is -3.26. The summed E-state index contributed by atoms with van der Waals surface area (Å²) in [6.07, 6.45) is 1.76. The Bertz CT molecular complexity index is 1050. The number of thiophene rings is 1. The number of benzene rings is 1. The minimum atomic E-state index is -1.11. The molecule has 1 aliphatic rings. The van der Waals surface area contributed by atoms with Crippen molar-refractivity contribution in [3.05, 3.63) is 58.0 Å². The first kappa shape index (κ1) is 18.1. The van der Waals surface area contributed by atoms with E-state index in [0.717, 1.165) is 4.88 Å². The number of carboxylic acid groups (broad SMARTS) is 1. The zero-order valence-electron chi connectivity index (χ0n) is 15.3. The largest absolute Gasteiger partial charge is 0.497 e. The van der Waals surface area contributed by atoms with Gasteiger partial charge in [0.05, 0.1) is 31.3 Å². The van der Waals surface area contributed by atoms with Crippen molar-refractivity contribution in [2.24, 2.45) is 0 Å². The zero-order valence-corrected chi connectivity index (χ0v) is 16.1. The zero-order chi connectivity index (χ0) is 19.8. The normalized spacial score (nSPS) is 15.6. The van der Waals surface area contributed by atoms with Crippen molar-refractivity contribution in [1.29, 1.82) is 0 Å². The van der Waals surface area contributed by atoms with Gasteiger partial charge < -0.3 is 24.5 Å². The maximum atomic E-state index is 12.3. The maximum absolute atomic E-state index is 12.3. The molecule has 0 radical (unpaired) electrons. The van der Waals surface area contributed by atoms with Gasteiger partial charge in [-0.25, -0.2) is 4.79 Å². The number of aromatic nitrogens is 1. The number of carbonyl (C=O) groups is 2. The van der Waals surface area contributed by atoms with E-state index in [-0.39, 0.29) is 23.8 Å². The maximum Gasteiger partial charge on any atom is 0.339 e.